The molecule has 1 heterocycles. The highest BCUT2D eigenvalue weighted by Crippen LogP contribution is 2.46. The van der Waals surface area contributed by atoms with Crippen molar-refractivity contribution < 1.29 is 34.0 Å². The van der Waals surface area contributed by atoms with E-state index in [4.69, 9.17) is 14.2 Å². The number of carbonyl (C=O) groups excluding carboxylic acids is 2. The molecule has 0 saturated heterocycles. The van der Waals surface area contributed by atoms with E-state index in [9.17, 15) is 19.8 Å². The van der Waals surface area contributed by atoms with E-state index in [2.05, 4.69) is 0 Å². The van der Waals surface area contributed by atoms with Crippen molar-refractivity contribution in [1.82, 2.24) is 0 Å². The number of aliphatic hydroxyl groups is 2. The van der Waals surface area contributed by atoms with Gasteiger partial charge in [-0.15, -0.1) is 0 Å². The van der Waals surface area contributed by atoms with Gasteiger partial charge in [-0.05, 0) is 49.0 Å². The first-order valence-electron chi connectivity index (χ1n) is 9.65. The quantitative estimate of drug-likeness (QED) is 0.505. The molecule has 0 aromatic heterocycles. The molecule has 7 heteroatoms. The minimum atomic E-state index is -0.900. The fourth-order valence-electron chi connectivity index (χ4n) is 3.56. The van der Waals surface area contributed by atoms with Crippen molar-refractivity contribution in [2.75, 3.05) is 7.11 Å². The number of methoxy groups -OCH3 is 1. The first-order chi connectivity index (χ1) is 13.9. The molecule has 1 saturated carbocycles. The monoisotopic (exact) mass is 402 g/mol. The highest BCUT2D eigenvalue weighted by molar-refractivity contribution is 5.87. The molecule has 3 rings (SSSR count). The molecule has 7 nitrogen and oxygen atoms in total. The van der Waals surface area contributed by atoms with Gasteiger partial charge < -0.3 is 24.4 Å². The maximum atomic E-state index is 12.0. The van der Waals surface area contributed by atoms with Crippen molar-refractivity contribution in [1.29, 1.82) is 0 Å². The lowest BCUT2D eigenvalue weighted by molar-refractivity contribution is -0.153. The van der Waals surface area contributed by atoms with Crippen LogP contribution in [0.4, 0.5) is 0 Å². The van der Waals surface area contributed by atoms with Crippen LogP contribution in [-0.4, -0.2) is 53.7 Å². The molecule has 0 radical (unpaired) electrons. The van der Waals surface area contributed by atoms with E-state index in [1.54, 1.807) is 38.3 Å². The number of rotatable bonds is 8. The van der Waals surface area contributed by atoms with Crippen LogP contribution in [0.1, 0.15) is 25.3 Å². The van der Waals surface area contributed by atoms with Crippen LogP contribution in [0.2, 0.25) is 0 Å². The molecule has 1 aliphatic heterocycles. The van der Waals surface area contributed by atoms with Crippen LogP contribution < -0.4 is 4.74 Å². The summed E-state index contributed by atoms with van der Waals surface area (Å²) in [6, 6.07) is 7.19. The smallest absolute Gasteiger partial charge is 0.331 e. The number of hydrogen-bond donors (Lipinski definition) is 2. The zero-order valence-corrected chi connectivity index (χ0v) is 16.4. The molecule has 6 atom stereocenters. The van der Waals surface area contributed by atoms with Crippen LogP contribution in [0.3, 0.4) is 0 Å². The SMILES string of the molecule is COc1ccc(/C=C/C(=O)O[C@H](C)[C@H](O)[C@H]2C[C@H]2[C@H](O)[C@H]2CC=CC(=O)O2)cc1. The Balaban J connectivity index is 1.47. The third-order valence-electron chi connectivity index (χ3n) is 5.35. The average Bonchev–Trinajstić information content (AvgIpc) is 3.52. The van der Waals surface area contributed by atoms with Crippen molar-refractivity contribution in [3.05, 3.63) is 48.1 Å². The highest BCUT2D eigenvalue weighted by atomic mass is 16.6. The molecule has 0 bridgehead atoms. The zero-order chi connectivity index (χ0) is 21.0. The van der Waals surface area contributed by atoms with E-state index >= 15 is 0 Å². The van der Waals surface area contributed by atoms with Crippen LogP contribution in [0.25, 0.3) is 6.08 Å². The van der Waals surface area contributed by atoms with E-state index in [1.165, 1.54) is 12.2 Å². The summed E-state index contributed by atoms with van der Waals surface area (Å²) in [5, 5.41) is 20.9. The lowest BCUT2D eigenvalue weighted by Crippen LogP contribution is -2.37. The first kappa shape index (κ1) is 21.1. The van der Waals surface area contributed by atoms with E-state index in [0.29, 0.717) is 12.8 Å². The van der Waals surface area contributed by atoms with Crippen LogP contribution in [0.5, 0.6) is 5.75 Å². The Kier molecular flexibility index (Phi) is 6.71. The minimum Gasteiger partial charge on any atom is -0.497 e. The third kappa shape index (κ3) is 5.46. The molecule has 2 N–H and O–H groups in total. The standard InChI is InChI=1S/C22H26O7/c1-13(28-20(24)11-8-14-6-9-15(27-2)10-7-14)21(25)16-12-17(16)22(26)18-4-3-5-19(23)29-18/h3,5-11,13,16-18,21-22,25-26H,4,12H2,1-2H3/b11-8+/t13-,16+,17-,18-,21+,22+/m1/s1. The summed E-state index contributed by atoms with van der Waals surface area (Å²) in [6.45, 7) is 1.62. The topological polar surface area (TPSA) is 102 Å². The van der Waals surface area contributed by atoms with Gasteiger partial charge >= 0.3 is 11.9 Å². The Morgan fingerprint density at radius 3 is 2.62 bits per heavy atom. The molecular weight excluding hydrogens is 376 g/mol. The predicted molar refractivity (Wildman–Crippen MR) is 105 cm³/mol. The number of benzene rings is 1. The number of ether oxygens (including phenoxy) is 3. The molecule has 2 aliphatic rings. The third-order valence-corrected chi connectivity index (χ3v) is 5.35. The van der Waals surface area contributed by atoms with Crippen molar-refractivity contribution in [2.24, 2.45) is 11.8 Å². The molecule has 1 aromatic carbocycles. The summed E-state index contributed by atoms with van der Waals surface area (Å²) in [7, 11) is 1.58. The van der Waals surface area contributed by atoms with E-state index < -0.39 is 36.4 Å². The second-order valence-electron chi connectivity index (χ2n) is 7.41. The van der Waals surface area contributed by atoms with Crippen molar-refractivity contribution in [3.8, 4) is 5.75 Å². The normalized spacial score (nSPS) is 26.5. The van der Waals surface area contributed by atoms with Gasteiger partial charge in [0, 0.05) is 18.6 Å². The van der Waals surface area contributed by atoms with Gasteiger partial charge in [0.25, 0.3) is 0 Å². The summed E-state index contributed by atoms with van der Waals surface area (Å²) in [5.74, 6) is -0.699. The van der Waals surface area contributed by atoms with Crippen molar-refractivity contribution in [2.45, 2.75) is 44.2 Å². The van der Waals surface area contributed by atoms with Crippen LogP contribution >= 0.6 is 0 Å². The molecule has 1 fully saturated rings. The molecule has 29 heavy (non-hydrogen) atoms. The van der Waals surface area contributed by atoms with Gasteiger partial charge in [0.1, 0.15) is 18.0 Å². The second-order valence-corrected chi connectivity index (χ2v) is 7.41. The van der Waals surface area contributed by atoms with Crippen LogP contribution in [-0.2, 0) is 19.1 Å². The largest absolute Gasteiger partial charge is 0.497 e. The maximum absolute atomic E-state index is 12.0. The molecular formula is C22H26O7. The van der Waals surface area contributed by atoms with Crippen molar-refractivity contribution in [3.63, 3.8) is 0 Å². The van der Waals surface area contributed by atoms with Gasteiger partial charge in [-0.1, -0.05) is 18.2 Å². The van der Waals surface area contributed by atoms with Gasteiger partial charge in [-0.3, -0.25) is 0 Å². The molecule has 0 amide bonds. The van der Waals surface area contributed by atoms with Crippen LogP contribution in [0.15, 0.2) is 42.5 Å². The van der Waals surface area contributed by atoms with E-state index in [0.717, 1.165) is 11.3 Å². The Labute approximate surface area is 169 Å². The van der Waals surface area contributed by atoms with E-state index in [1.807, 2.05) is 12.1 Å². The summed E-state index contributed by atoms with van der Waals surface area (Å²) in [6.07, 6.45) is 3.91. The Morgan fingerprint density at radius 1 is 1.24 bits per heavy atom. The van der Waals surface area contributed by atoms with Gasteiger partial charge in [0.15, 0.2) is 0 Å². The number of cyclic esters (lactones) is 1. The lowest BCUT2D eigenvalue weighted by Gasteiger charge is -2.25. The molecule has 1 aromatic rings. The number of carbonyl (C=O) groups is 2. The molecule has 0 unspecified atom stereocenters. The van der Waals surface area contributed by atoms with E-state index in [-0.39, 0.29) is 11.8 Å². The lowest BCUT2D eigenvalue weighted by atomic mass is 10.00. The van der Waals surface area contributed by atoms with Gasteiger partial charge in [0.2, 0.25) is 0 Å². The second kappa shape index (κ2) is 9.24. The van der Waals surface area contributed by atoms with Crippen molar-refractivity contribution >= 4 is 18.0 Å². The summed E-state index contributed by atoms with van der Waals surface area (Å²) < 4.78 is 15.5. The summed E-state index contributed by atoms with van der Waals surface area (Å²) >= 11 is 0. The van der Waals surface area contributed by atoms with Crippen LogP contribution in [0, 0.1) is 11.8 Å². The molecule has 0 spiro atoms. The molecule has 1 aliphatic carbocycles. The van der Waals surface area contributed by atoms with Gasteiger partial charge in [-0.2, -0.15) is 0 Å². The molecule has 156 valence electrons. The maximum Gasteiger partial charge on any atom is 0.331 e. The Morgan fingerprint density at radius 2 is 1.97 bits per heavy atom. The summed E-state index contributed by atoms with van der Waals surface area (Å²) in [5.41, 5.74) is 0.817. The number of esters is 2. The Hall–Kier alpha value is -2.64. The fourth-order valence-corrected chi connectivity index (χ4v) is 3.56. The Bertz CT molecular complexity index is 783. The predicted octanol–water partition coefficient (Wildman–Crippen LogP) is 1.87. The van der Waals surface area contributed by atoms with Gasteiger partial charge in [0.05, 0.1) is 19.3 Å². The summed E-state index contributed by atoms with van der Waals surface area (Å²) in [4.78, 5) is 23.4. The first-order valence-corrected chi connectivity index (χ1v) is 9.65. The average molecular weight is 402 g/mol. The number of aliphatic hydroxyl groups excluding tert-OH is 2. The minimum absolute atomic E-state index is 0.190. The fraction of sp³-hybridized carbons (Fsp3) is 0.455. The highest BCUT2D eigenvalue weighted by Gasteiger charge is 2.51. The van der Waals surface area contributed by atoms with Gasteiger partial charge in [-0.25, -0.2) is 9.59 Å². The number of hydrogen-bond acceptors (Lipinski definition) is 7. The zero-order valence-electron chi connectivity index (χ0n) is 16.4.